The number of benzene rings is 1. The Balaban J connectivity index is 1.52. The molecule has 3 rings (SSSR count). The lowest BCUT2D eigenvalue weighted by Gasteiger charge is -2.39. The third-order valence-electron chi connectivity index (χ3n) is 5.58. The van der Waals surface area contributed by atoms with Gasteiger partial charge in [-0.3, -0.25) is 9.89 Å². The van der Waals surface area contributed by atoms with E-state index in [1.165, 1.54) is 35.4 Å². The fourth-order valence-electron chi connectivity index (χ4n) is 4.14. The van der Waals surface area contributed by atoms with Crippen LogP contribution < -0.4 is 10.6 Å². The second-order valence-electron chi connectivity index (χ2n) is 8.20. The van der Waals surface area contributed by atoms with Gasteiger partial charge >= 0.3 is 0 Å². The maximum atomic E-state index is 4.43. The second-order valence-corrected chi connectivity index (χ2v) is 9.18. The van der Waals surface area contributed by atoms with E-state index in [-0.39, 0.29) is 0 Å². The van der Waals surface area contributed by atoms with Gasteiger partial charge in [-0.2, -0.15) is 0 Å². The van der Waals surface area contributed by atoms with E-state index in [1.807, 2.05) is 18.4 Å². The van der Waals surface area contributed by atoms with E-state index in [4.69, 9.17) is 0 Å². The summed E-state index contributed by atoms with van der Waals surface area (Å²) >= 11 is 1.87. The molecule has 0 bridgehead atoms. The van der Waals surface area contributed by atoms with Crippen LogP contribution in [0.3, 0.4) is 0 Å². The van der Waals surface area contributed by atoms with Gasteiger partial charge in [0.2, 0.25) is 0 Å². The van der Waals surface area contributed by atoms with Crippen molar-refractivity contribution in [3.05, 3.63) is 57.8 Å². The number of aliphatic imine (C=N–C) groups is 1. The number of guanidine groups is 1. The van der Waals surface area contributed by atoms with Crippen molar-refractivity contribution in [3.63, 3.8) is 0 Å². The SMILES string of the molecule is CN=C(NCc1ccc(CN(C)C)cc1)NCC1CCCN(C)C1c1cccs1. The van der Waals surface area contributed by atoms with E-state index in [1.54, 1.807) is 0 Å². The number of piperidine rings is 1. The Bertz CT molecular complexity index is 754. The molecule has 0 saturated carbocycles. The van der Waals surface area contributed by atoms with Crippen LogP contribution in [-0.4, -0.2) is 57.0 Å². The summed E-state index contributed by atoms with van der Waals surface area (Å²) in [5, 5.41) is 9.22. The number of hydrogen-bond donors (Lipinski definition) is 2. The summed E-state index contributed by atoms with van der Waals surface area (Å²) in [4.78, 5) is 10.6. The van der Waals surface area contributed by atoms with Gasteiger partial charge < -0.3 is 15.5 Å². The topological polar surface area (TPSA) is 42.9 Å². The minimum Gasteiger partial charge on any atom is -0.356 e. The van der Waals surface area contributed by atoms with Crippen LogP contribution in [0.15, 0.2) is 46.8 Å². The summed E-state index contributed by atoms with van der Waals surface area (Å²) in [6.45, 7) is 3.86. The van der Waals surface area contributed by atoms with Gasteiger partial charge in [0.25, 0.3) is 0 Å². The summed E-state index contributed by atoms with van der Waals surface area (Å²) in [6, 6.07) is 13.7. The molecule has 1 saturated heterocycles. The van der Waals surface area contributed by atoms with Gasteiger partial charge in [0.05, 0.1) is 0 Å². The van der Waals surface area contributed by atoms with Crippen molar-refractivity contribution in [1.82, 2.24) is 20.4 Å². The Morgan fingerprint density at radius 3 is 2.59 bits per heavy atom. The average Bonchev–Trinajstić information content (AvgIpc) is 3.23. The molecule has 0 spiro atoms. The lowest BCUT2D eigenvalue weighted by molar-refractivity contribution is 0.125. The largest absolute Gasteiger partial charge is 0.356 e. The predicted octanol–water partition coefficient (Wildman–Crippen LogP) is 3.56. The summed E-state index contributed by atoms with van der Waals surface area (Å²) in [6.07, 6.45) is 2.51. The molecule has 1 aromatic carbocycles. The summed E-state index contributed by atoms with van der Waals surface area (Å²) < 4.78 is 0. The van der Waals surface area contributed by atoms with Crippen LogP contribution in [0.5, 0.6) is 0 Å². The molecule has 2 atom stereocenters. The molecule has 29 heavy (non-hydrogen) atoms. The van der Waals surface area contributed by atoms with Crippen LogP contribution in [0.2, 0.25) is 0 Å². The smallest absolute Gasteiger partial charge is 0.191 e. The van der Waals surface area contributed by atoms with Gasteiger partial charge in [0.1, 0.15) is 0 Å². The van der Waals surface area contributed by atoms with Crippen LogP contribution in [-0.2, 0) is 13.1 Å². The molecule has 2 unspecified atom stereocenters. The molecular formula is C23H35N5S. The number of nitrogens with zero attached hydrogens (tertiary/aromatic N) is 3. The zero-order valence-electron chi connectivity index (χ0n) is 18.2. The number of likely N-dealkylation sites (tertiary alicyclic amines) is 1. The Morgan fingerprint density at radius 2 is 1.93 bits per heavy atom. The Hall–Kier alpha value is -1.89. The first kappa shape index (κ1) is 21.8. The van der Waals surface area contributed by atoms with Crippen LogP contribution in [0.4, 0.5) is 0 Å². The minimum atomic E-state index is 0.499. The molecule has 1 aliphatic rings. The number of thiophene rings is 1. The highest BCUT2D eigenvalue weighted by Crippen LogP contribution is 2.36. The maximum absolute atomic E-state index is 4.43. The van der Waals surface area contributed by atoms with Crippen LogP contribution in [0.25, 0.3) is 0 Å². The first-order valence-electron chi connectivity index (χ1n) is 10.5. The van der Waals surface area contributed by atoms with Crippen molar-refractivity contribution in [2.24, 2.45) is 10.9 Å². The van der Waals surface area contributed by atoms with E-state index < -0.39 is 0 Å². The Labute approximate surface area is 179 Å². The fourth-order valence-corrected chi connectivity index (χ4v) is 5.13. The third kappa shape index (κ3) is 6.29. The number of rotatable bonds is 7. The van der Waals surface area contributed by atoms with Crippen molar-refractivity contribution >= 4 is 17.3 Å². The quantitative estimate of drug-likeness (QED) is 0.538. The Morgan fingerprint density at radius 1 is 1.17 bits per heavy atom. The summed E-state index contributed by atoms with van der Waals surface area (Å²) in [5.74, 6) is 1.47. The van der Waals surface area contributed by atoms with Gasteiger partial charge in [0, 0.05) is 37.6 Å². The minimum absolute atomic E-state index is 0.499. The standard InChI is InChI=1S/C23H35N5S/c1-24-23(25-15-18-9-11-19(12-10-18)17-27(2)3)26-16-20-7-5-13-28(4)22(20)21-8-6-14-29-21/h6,8-12,14,20,22H,5,7,13,15-17H2,1-4H3,(H2,24,25,26). The molecular weight excluding hydrogens is 378 g/mol. The molecule has 1 aromatic heterocycles. The highest BCUT2D eigenvalue weighted by Gasteiger charge is 2.31. The van der Waals surface area contributed by atoms with Crippen LogP contribution >= 0.6 is 11.3 Å². The molecule has 1 fully saturated rings. The Kier molecular flexibility index (Phi) is 8.09. The zero-order chi connectivity index (χ0) is 20.6. The van der Waals surface area contributed by atoms with E-state index in [2.05, 4.69) is 88.3 Å². The maximum Gasteiger partial charge on any atom is 0.191 e. The lowest BCUT2D eigenvalue weighted by Crippen LogP contribution is -2.44. The van der Waals surface area contributed by atoms with Crippen LogP contribution in [0.1, 0.15) is 34.9 Å². The summed E-state index contributed by atoms with van der Waals surface area (Å²) in [5.41, 5.74) is 2.60. The predicted molar refractivity (Wildman–Crippen MR) is 124 cm³/mol. The third-order valence-corrected chi connectivity index (χ3v) is 6.52. The molecule has 2 N–H and O–H groups in total. The van der Waals surface area contributed by atoms with Crippen LogP contribution in [0, 0.1) is 5.92 Å². The molecule has 0 aliphatic carbocycles. The van der Waals surface area contributed by atoms with Gasteiger partial charge in [-0.1, -0.05) is 30.3 Å². The van der Waals surface area contributed by atoms with Gasteiger partial charge in [-0.15, -0.1) is 11.3 Å². The molecule has 0 radical (unpaired) electrons. The monoisotopic (exact) mass is 413 g/mol. The highest BCUT2D eigenvalue weighted by atomic mass is 32.1. The number of nitrogens with one attached hydrogen (secondary N) is 2. The first-order valence-corrected chi connectivity index (χ1v) is 11.4. The van der Waals surface area contributed by atoms with Gasteiger partial charge in [-0.25, -0.2) is 0 Å². The normalized spacial score (nSPS) is 20.8. The fraction of sp³-hybridized carbons (Fsp3) is 0.522. The zero-order valence-corrected chi connectivity index (χ0v) is 19.0. The first-order chi connectivity index (χ1) is 14.1. The van der Waals surface area contributed by atoms with Crippen molar-refractivity contribution in [3.8, 4) is 0 Å². The van der Waals surface area contributed by atoms with Crippen molar-refractivity contribution < 1.29 is 0 Å². The van der Waals surface area contributed by atoms with E-state index >= 15 is 0 Å². The molecule has 6 heteroatoms. The lowest BCUT2D eigenvalue weighted by atomic mass is 9.88. The molecule has 158 valence electrons. The van der Waals surface area contributed by atoms with Gasteiger partial charge in [-0.05, 0) is 69.0 Å². The van der Waals surface area contributed by atoms with Crippen molar-refractivity contribution in [2.75, 3.05) is 41.3 Å². The number of hydrogen-bond acceptors (Lipinski definition) is 4. The van der Waals surface area contributed by atoms with E-state index in [0.29, 0.717) is 12.0 Å². The van der Waals surface area contributed by atoms with E-state index in [9.17, 15) is 0 Å². The van der Waals surface area contributed by atoms with Gasteiger partial charge in [0.15, 0.2) is 5.96 Å². The van der Waals surface area contributed by atoms with Crippen molar-refractivity contribution in [1.29, 1.82) is 0 Å². The second kappa shape index (κ2) is 10.8. The summed E-state index contributed by atoms with van der Waals surface area (Å²) in [7, 11) is 8.29. The molecule has 5 nitrogen and oxygen atoms in total. The molecule has 0 amide bonds. The molecule has 2 heterocycles. The van der Waals surface area contributed by atoms with E-state index in [0.717, 1.165) is 25.6 Å². The molecule has 1 aliphatic heterocycles. The van der Waals surface area contributed by atoms with Crippen molar-refractivity contribution in [2.45, 2.75) is 32.0 Å². The molecule has 2 aromatic rings. The average molecular weight is 414 g/mol. The highest BCUT2D eigenvalue weighted by molar-refractivity contribution is 7.10.